The highest BCUT2D eigenvalue weighted by Crippen LogP contribution is 2.14. The molecule has 0 aromatic carbocycles. The average molecular weight is 329 g/mol. The molecule has 0 heterocycles. The van der Waals surface area contributed by atoms with Gasteiger partial charge in [0.25, 0.3) is 0 Å². The Morgan fingerprint density at radius 2 is 1.43 bits per heavy atom. The molecule has 136 valence electrons. The average Bonchev–Trinajstić information content (AvgIpc) is 2.50. The number of carboxylic acids is 1. The van der Waals surface area contributed by atoms with Crippen LogP contribution in [0.5, 0.6) is 0 Å². The van der Waals surface area contributed by atoms with Crippen LogP contribution in [0.2, 0.25) is 0 Å². The maximum absolute atomic E-state index is 12.1. The summed E-state index contributed by atoms with van der Waals surface area (Å²) in [4.78, 5) is 22.6. The van der Waals surface area contributed by atoms with Gasteiger partial charge in [0.15, 0.2) is 5.78 Å². The minimum absolute atomic E-state index is 0.0715. The Morgan fingerprint density at radius 1 is 0.957 bits per heavy atom. The van der Waals surface area contributed by atoms with Crippen LogP contribution in [0.4, 0.5) is 0 Å². The number of rotatable bonds is 15. The zero-order chi connectivity index (χ0) is 17.7. The van der Waals surface area contributed by atoms with Crippen molar-refractivity contribution in [1.82, 2.24) is 0 Å². The molecule has 0 spiro atoms. The molecular weight excluding hydrogens is 294 g/mol. The van der Waals surface area contributed by atoms with Gasteiger partial charge in [-0.05, 0) is 19.3 Å². The molecule has 1 atom stereocenters. The molecule has 0 saturated carbocycles. The van der Waals surface area contributed by atoms with Gasteiger partial charge >= 0.3 is 5.97 Å². The quantitative estimate of drug-likeness (QED) is 0.269. The third-order valence-electron chi connectivity index (χ3n) is 4.16. The van der Waals surface area contributed by atoms with Gasteiger partial charge in [-0.15, -0.1) is 0 Å². The number of ketones is 1. The fourth-order valence-corrected chi connectivity index (χ4v) is 2.61. The van der Waals surface area contributed by atoms with Crippen LogP contribution in [-0.4, -0.2) is 28.6 Å². The smallest absolute Gasteiger partial charge is 0.303 e. The summed E-state index contributed by atoms with van der Waals surface area (Å²) in [5, 5.41) is 8.61. The SMILES string of the molecule is CCCCCCCCCCCC(N)(N)C(=O)C(N)CCC(=O)O. The zero-order valence-corrected chi connectivity index (χ0v) is 14.6. The predicted octanol–water partition coefficient (Wildman–Crippen LogP) is 2.28. The highest BCUT2D eigenvalue weighted by atomic mass is 16.4. The van der Waals surface area contributed by atoms with E-state index in [4.69, 9.17) is 22.3 Å². The summed E-state index contributed by atoms with van der Waals surface area (Å²) in [6, 6.07) is -0.903. The minimum Gasteiger partial charge on any atom is -0.481 e. The second-order valence-corrected chi connectivity index (χ2v) is 6.52. The molecule has 6 nitrogen and oxygen atoms in total. The number of carbonyl (C=O) groups is 2. The molecular formula is C17H35N3O3. The Kier molecular flexibility index (Phi) is 11.9. The summed E-state index contributed by atoms with van der Waals surface area (Å²) in [6.45, 7) is 2.21. The van der Waals surface area contributed by atoms with E-state index in [1.165, 1.54) is 38.5 Å². The van der Waals surface area contributed by atoms with Gasteiger partial charge in [-0.1, -0.05) is 58.3 Å². The minimum atomic E-state index is -1.45. The second-order valence-electron chi connectivity index (χ2n) is 6.52. The van der Waals surface area contributed by atoms with Gasteiger partial charge in [0.1, 0.15) is 5.66 Å². The van der Waals surface area contributed by atoms with E-state index in [-0.39, 0.29) is 12.8 Å². The largest absolute Gasteiger partial charge is 0.481 e. The van der Waals surface area contributed by atoms with E-state index in [1.54, 1.807) is 0 Å². The Labute approximate surface area is 140 Å². The number of aliphatic carboxylic acids is 1. The summed E-state index contributed by atoms with van der Waals surface area (Å²) in [7, 11) is 0. The van der Waals surface area contributed by atoms with Crippen LogP contribution in [-0.2, 0) is 9.59 Å². The Morgan fingerprint density at radius 3 is 1.91 bits per heavy atom. The van der Waals surface area contributed by atoms with Crippen LogP contribution in [0.1, 0.15) is 84.0 Å². The van der Waals surface area contributed by atoms with E-state index in [2.05, 4.69) is 6.92 Å². The lowest BCUT2D eigenvalue weighted by Gasteiger charge is -2.26. The lowest BCUT2D eigenvalue weighted by Crippen LogP contribution is -2.61. The molecule has 0 aromatic heterocycles. The summed E-state index contributed by atoms with van der Waals surface area (Å²) in [5.41, 5.74) is 16.0. The standard InChI is InChI=1S/C17H35N3O3/c1-2-3-4-5-6-7-8-9-10-13-17(19,20)16(23)14(18)11-12-15(21)22/h14H,2-13,18-20H2,1H3,(H,21,22). The maximum Gasteiger partial charge on any atom is 0.303 e. The first-order valence-electron chi connectivity index (χ1n) is 8.90. The second kappa shape index (κ2) is 12.4. The van der Waals surface area contributed by atoms with E-state index in [1.807, 2.05) is 0 Å². The summed E-state index contributed by atoms with van der Waals surface area (Å²) < 4.78 is 0. The molecule has 0 aliphatic rings. The van der Waals surface area contributed by atoms with E-state index in [0.29, 0.717) is 6.42 Å². The molecule has 0 radical (unpaired) electrons. The number of unbranched alkanes of at least 4 members (excludes halogenated alkanes) is 8. The lowest BCUT2D eigenvalue weighted by atomic mass is 9.92. The zero-order valence-electron chi connectivity index (χ0n) is 14.6. The molecule has 0 aromatic rings. The van der Waals surface area contributed by atoms with E-state index in [9.17, 15) is 9.59 Å². The molecule has 7 N–H and O–H groups in total. The Balaban J connectivity index is 3.81. The topological polar surface area (TPSA) is 132 Å². The molecule has 0 amide bonds. The lowest BCUT2D eigenvalue weighted by molar-refractivity contribution is -0.137. The Bertz CT molecular complexity index is 346. The first kappa shape index (κ1) is 22.0. The van der Waals surface area contributed by atoms with E-state index >= 15 is 0 Å². The van der Waals surface area contributed by atoms with E-state index in [0.717, 1.165) is 19.3 Å². The molecule has 6 heteroatoms. The van der Waals surface area contributed by atoms with E-state index < -0.39 is 23.5 Å². The van der Waals surface area contributed by atoms with Gasteiger partial charge in [0.2, 0.25) is 0 Å². The van der Waals surface area contributed by atoms with Crippen LogP contribution in [0.25, 0.3) is 0 Å². The molecule has 0 bridgehead atoms. The fraction of sp³-hybridized carbons (Fsp3) is 0.882. The number of carboxylic acid groups (broad SMARTS) is 1. The fourth-order valence-electron chi connectivity index (χ4n) is 2.61. The first-order chi connectivity index (χ1) is 10.8. The number of hydrogen-bond acceptors (Lipinski definition) is 5. The highest BCUT2D eigenvalue weighted by Gasteiger charge is 2.32. The van der Waals surface area contributed by atoms with Crippen LogP contribution in [0, 0.1) is 0 Å². The molecule has 1 unspecified atom stereocenters. The van der Waals surface area contributed by atoms with Crippen molar-refractivity contribution in [2.24, 2.45) is 17.2 Å². The van der Waals surface area contributed by atoms with Crippen molar-refractivity contribution in [3.8, 4) is 0 Å². The Hall–Kier alpha value is -0.980. The third kappa shape index (κ3) is 11.2. The molecule has 0 aliphatic heterocycles. The number of hydrogen-bond donors (Lipinski definition) is 4. The molecule has 0 aliphatic carbocycles. The van der Waals surface area contributed by atoms with Gasteiger partial charge in [-0.2, -0.15) is 0 Å². The molecule has 0 rings (SSSR count). The summed E-state index contributed by atoms with van der Waals surface area (Å²) in [5.74, 6) is -1.43. The van der Waals surface area contributed by atoms with Crippen molar-refractivity contribution in [2.75, 3.05) is 0 Å². The molecule has 23 heavy (non-hydrogen) atoms. The van der Waals surface area contributed by atoms with Crippen molar-refractivity contribution < 1.29 is 14.7 Å². The van der Waals surface area contributed by atoms with Gasteiger partial charge in [0, 0.05) is 6.42 Å². The summed E-state index contributed by atoms with van der Waals surface area (Å²) in [6.07, 6.45) is 10.9. The van der Waals surface area contributed by atoms with Gasteiger partial charge in [-0.3, -0.25) is 9.59 Å². The maximum atomic E-state index is 12.1. The third-order valence-corrected chi connectivity index (χ3v) is 4.16. The van der Waals surface area contributed by atoms with Crippen molar-refractivity contribution in [1.29, 1.82) is 0 Å². The monoisotopic (exact) mass is 329 g/mol. The van der Waals surface area contributed by atoms with Crippen LogP contribution >= 0.6 is 0 Å². The predicted molar refractivity (Wildman–Crippen MR) is 92.8 cm³/mol. The number of carbonyl (C=O) groups excluding carboxylic acids is 1. The normalized spacial score (nSPS) is 13.0. The summed E-state index contributed by atoms with van der Waals surface area (Å²) >= 11 is 0. The first-order valence-corrected chi connectivity index (χ1v) is 8.90. The highest BCUT2D eigenvalue weighted by molar-refractivity contribution is 5.92. The van der Waals surface area contributed by atoms with Crippen LogP contribution in [0.3, 0.4) is 0 Å². The van der Waals surface area contributed by atoms with Gasteiger partial charge < -0.3 is 22.3 Å². The van der Waals surface area contributed by atoms with Crippen molar-refractivity contribution >= 4 is 11.8 Å². The number of nitrogens with two attached hydrogens (primary N) is 3. The van der Waals surface area contributed by atoms with Gasteiger partial charge in [0.05, 0.1) is 6.04 Å². The van der Waals surface area contributed by atoms with Crippen LogP contribution in [0.15, 0.2) is 0 Å². The van der Waals surface area contributed by atoms with Crippen molar-refractivity contribution in [3.05, 3.63) is 0 Å². The van der Waals surface area contributed by atoms with Gasteiger partial charge in [-0.25, -0.2) is 0 Å². The molecule has 0 fully saturated rings. The van der Waals surface area contributed by atoms with Crippen molar-refractivity contribution in [2.45, 2.75) is 95.7 Å². The molecule has 0 saturated heterocycles. The van der Waals surface area contributed by atoms with Crippen molar-refractivity contribution in [3.63, 3.8) is 0 Å². The number of Topliss-reactive ketones (excluding diaryl/α,β-unsaturated/α-hetero) is 1. The van der Waals surface area contributed by atoms with Crippen LogP contribution < -0.4 is 17.2 Å².